The fraction of sp³-hybridized carbons (Fsp3) is 0.588. The first-order valence-corrected chi connectivity index (χ1v) is 8.29. The molecule has 2 atom stereocenters. The number of anilines is 1. The number of amides is 1. The van der Waals surface area contributed by atoms with Gasteiger partial charge in [-0.1, -0.05) is 0 Å². The van der Waals surface area contributed by atoms with Crippen LogP contribution in [-0.4, -0.2) is 65.1 Å². The van der Waals surface area contributed by atoms with Crippen molar-refractivity contribution in [2.75, 3.05) is 52.0 Å². The van der Waals surface area contributed by atoms with Crippen molar-refractivity contribution in [1.82, 2.24) is 10.6 Å². The Morgan fingerprint density at radius 2 is 2.04 bits per heavy atom. The van der Waals surface area contributed by atoms with Crippen molar-refractivity contribution < 1.29 is 19.0 Å². The third-order valence-electron chi connectivity index (χ3n) is 4.47. The molecule has 7 heteroatoms. The van der Waals surface area contributed by atoms with E-state index in [1.807, 2.05) is 18.2 Å². The summed E-state index contributed by atoms with van der Waals surface area (Å²) in [4.78, 5) is 14.5. The number of nitrogens with zero attached hydrogens (tertiary/aromatic N) is 1. The molecular weight excluding hydrogens is 310 g/mol. The maximum absolute atomic E-state index is 12.3. The normalized spacial score (nSPS) is 23.8. The highest BCUT2D eigenvalue weighted by Crippen LogP contribution is 2.30. The summed E-state index contributed by atoms with van der Waals surface area (Å²) in [7, 11) is 3.29. The Morgan fingerprint density at radius 3 is 2.67 bits per heavy atom. The number of methoxy groups -OCH3 is 2. The number of benzene rings is 1. The van der Waals surface area contributed by atoms with Gasteiger partial charge in [0.25, 0.3) is 0 Å². The van der Waals surface area contributed by atoms with Gasteiger partial charge in [0.05, 0.1) is 27.4 Å². The van der Waals surface area contributed by atoms with Gasteiger partial charge in [-0.3, -0.25) is 4.79 Å². The molecule has 0 aromatic heterocycles. The quantitative estimate of drug-likeness (QED) is 0.811. The van der Waals surface area contributed by atoms with E-state index in [0.717, 1.165) is 43.2 Å². The van der Waals surface area contributed by atoms with Crippen LogP contribution in [0.5, 0.6) is 11.5 Å². The lowest BCUT2D eigenvalue weighted by Crippen LogP contribution is -2.53. The Bertz CT molecular complexity index is 553. The summed E-state index contributed by atoms with van der Waals surface area (Å²) in [6.07, 6.45) is 0.916. The highest BCUT2D eigenvalue weighted by atomic mass is 16.5. The summed E-state index contributed by atoms with van der Waals surface area (Å²) in [6.45, 7) is 3.48. The molecule has 2 heterocycles. The fourth-order valence-electron chi connectivity index (χ4n) is 3.12. The molecule has 2 fully saturated rings. The van der Waals surface area contributed by atoms with E-state index in [0.29, 0.717) is 13.2 Å². The lowest BCUT2D eigenvalue weighted by molar-refractivity contribution is -0.126. The molecule has 2 saturated heterocycles. The van der Waals surface area contributed by atoms with E-state index in [2.05, 4.69) is 15.5 Å². The molecule has 0 saturated carbocycles. The molecular formula is C17H25N3O4. The molecule has 7 nitrogen and oxygen atoms in total. The Morgan fingerprint density at radius 1 is 1.29 bits per heavy atom. The molecule has 2 N–H and O–H groups in total. The first kappa shape index (κ1) is 16.9. The average Bonchev–Trinajstić information content (AvgIpc) is 3.10. The molecule has 3 rings (SSSR count). The molecule has 1 aromatic rings. The molecule has 0 aliphatic carbocycles. The predicted molar refractivity (Wildman–Crippen MR) is 90.9 cm³/mol. The molecule has 1 aromatic carbocycles. The number of rotatable bonds is 5. The van der Waals surface area contributed by atoms with Crippen LogP contribution in [0.25, 0.3) is 0 Å². The third-order valence-corrected chi connectivity index (χ3v) is 4.47. The summed E-state index contributed by atoms with van der Waals surface area (Å²) in [5.74, 6) is 1.55. The van der Waals surface area contributed by atoms with E-state index in [1.54, 1.807) is 14.2 Å². The summed E-state index contributed by atoms with van der Waals surface area (Å²) < 4.78 is 16.0. The third kappa shape index (κ3) is 3.91. The Labute approximate surface area is 142 Å². The van der Waals surface area contributed by atoms with Gasteiger partial charge in [-0.25, -0.2) is 0 Å². The second kappa shape index (κ2) is 7.72. The van der Waals surface area contributed by atoms with Gasteiger partial charge in [-0.05, 0) is 6.42 Å². The average molecular weight is 335 g/mol. The second-order valence-electron chi connectivity index (χ2n) is 6.09. The van der Waals surface area contributed by atoms with Gasteiger partial charge in [0.1, 0.15) is 17.5 Å². The van der Waals surface area contributed by atoms with Crippen LogP contribution in [-0.2, 0) is 9.53 Å². The van der Waals surface area contributed by atoms with Crippen LogP contribution in [0, 0.1) is 0 Å². The minimum atomic E-state index is -0.246. The number of carbonyl (C=O) groups is 1. The molecule has 24 heavy (non-hydrogen) atoms. The smallest absolute Gasteiger partial charge is 0.239 e. The first-order chi connectivity index (χ1) is 11.7. The lowest BCUT2D eigenvalue weighted by Gasteiger charge is -2.25. The van der Waals surface area contributed by atoms with Crippen LogP contribution in [0.2, 0.25) is 0 Å². The number of nitrogens with one attached hydrogen (secondary N) is 2. The highest BCUT2D eigenvalue weighted by molar-refractivity contribution is 5.82. The topological polar surface area (TPSA) is 72.1 Å². The van der Waals surface area contributed by atoms with E-state index in [-0.39, 0.29) is 18.0 Å². The van der Waals surface area contributed by atoms with E-state index in [4.69, 9.17) is 14.2 Å². The maximum Gasteiger partial charge on any atom is 0.239 e. The second-order valence-corrected chi connectivity index (χ2v) is 6.09. The van der Waals surface area contributed by atoms with Crippen LogP contribution in [0.15, 0.2) is 18.2 Å². The minimum absolute atomic E-state index is 0.0183. The summed E-state index contributed by atoms with van der Waals surface area (Å²) in [5, 5.41) is 6.30. The minimum Gasteiger partial charge on any atom is -0.497 e. The Balaban J connectivity index is 1.59. The zero-order valence-corrected chi connectivity index (χ0v) is 14.2. The summed E-state index contributed by atoms with van der Waals surface area (Å²) in [5.41, 5.74) is 1.04. The van der Waals surface area contributed by atoms with Gasteiger partial charge < -0.3 is 29.7 Å². The van der Waals surface area contributed by atoms with Gasteiger partial charge in [-0.2, -0.15) is 0 Å². The molecule has 0 bridgehead atoms. The van der Waals surface area contributed by atoms with Crippen molar-refractivity contribution in [2.45, 2.75) is 18.5 Å². The molecule has 0 radical (unpaired) electrons. The number of hydrogen-bond acceptors (Lipinski definition) is 6. The predicted octanol–water partition coefficient (Wildman–Crippen LogP) is 0.387. The Hall–Kier alpha value is -1.99. The van der Waals surface area contributed by atoms with Crippen molar-refractivity contribution in [3.05, 3.63) is 18.2 Å². The zero-order chi connectivity index (χ0) is 16.9. The standard InChI is InChI=1S/C17H25N3O4/c1-22-14-7-13(8-15(9-14)23-2)20-5-3-12(10-20)19-17(21)16-11-24-6-4-18-16/h7-9,12,16,18H,3-6,10-11H2,1-2H3,(H,19,21). The van der Waals surface area contributed by atoms with Crippen molar-refractivity contribution >= 4 is 11.6 Å². The van der Waals surface area contributed by atoms with Gasteiger partial charge in [0, 0.05) is 49.6 Å². The first-order valence-electron chi connectivity index (χ1n) is 8.29. The van der Waals surface area contributed by atoms with Crippen LogP contribution in [0.4, 0.5) is 5.69 Å². The van der Waals surface area contributed by atoms with Gasteiger partial charge in [0.2, 0.25) is 5.91 Å². The molecule has 132 valence electrons. The van der Waals surface area contributed by atoms with Gasteiger partial charge >= 0.3 is 0 Å². The lowest BCUT2D eigenvalue weighted by atomic mass is 10.2. The van der Waals surface area contributed by atoms with E-state index in [9.17, 15) is 4.79 Å². The van der Waals surface area contributed by atoms with Crippen molar-refractivity contribution in [3.8, 4) is 11.5 Å². The van der Waals surface area contributed by atoms with Gasteiger partial charge in [-0.15, -0.1) is 0 Å². The number of morpholine rings is 1. The number of carbonyl (C=O) groups excluding carboxylic acids is 1. The van der Waals surface area contributed by atoms with E-state index < -0.39 is 0 Å². The molecule has 0 spiro atoms. The number of hydrogen-bond donors (Lipinski definition) is 2. The maximum atomic E-state index is 12.3. The largest absolute Gasteiger partial charge is 0.497 e. The molecule has 2 aliphatic rings. The van der Waals surface area contributed by atoms with E-state index >= 15 is 0 Å². The highest BCUT2D eigenvalue weighted by Gasteiger charge is 2.28. The number of ether oxygens (including phenoxy) is 3. The van der Waals surface area contributed by atoms with Crippen molar-refractivity contribution in [3.63, 3.8) is 0 Å². The molecule has 2 aliphatic heterocycles. The zero-order valence-electron chi connectivity index (χ0n) is 14.2. The van der Waals surface area contributed by atoms with Crippen LogP contribution in [0.3, 0.4) is 0 Å². The SMILES string of the molecule is COc1cc(OC)cc(N2CCC(NC(=O)C3COCCN3)C2)c1. The van der Waals surface area contributed by atoms with E-state index in [1.165, 1.54) is 0 Å². The monoisotopic (exact) mass is 335 g/mol. The van der Waals surface area contributed by atoms with Crippen LogP contribution >= 0.6 is 0 Å². The Kier molecular flexibility index (Phi) is 5.42. The summed E-state index contributed by atoms with van der Waals surface area (Å²) in [6, 6.07) is 5.73. The van der Waals surface area contributed by atoms with Gasteiger partial charge in [0.15, 0.2) is 0 Å². The van der Waals surface area contributed by atoms with Crippen molar-refractivity contribution in [2.24, 2.45) is 0 Å². The van der Waals surface area contributed by atoms with Crippen LogP contribution in [0.1, 0.15) is 6.42 Å². The summed E-state index contributed by atoms with van der Waals surface area (Å²) >= 11 is 0. The van der Waals surface area contributed by atoms with Crippen molar-refractivity contribution in [1.29, 1.82) is 0 Å². The molecule has 2 unspecified atom stereocenters. The van der Waals surface area contributed by atoms with Crippen LogP contribution < -0.4 is 25.0 Å². The fourth-order valence-corrected chi connectivity index (χ4v) is 3.12. The molecule has 1 amide bonds.